The summed E-state index contributed by atoms with van der Waals surface area (Å²) in [5.74, 6) is 0. The average molecular weight is 239 g/mol. The summed E-state index contributed by atoms with van der Waals surface area (Å²) < 4.78 is 1.78. The largest absolute Gasteiger partial charge is 0.392 e. The quantitative estimate of drug-likeness (QED) is 0.745. The van der Waals surface area contributed by atoms with Crippen LogP contribution < -0.4 is 0 Å². The number of nitrogens with zero attached hydrogens (tertiary/aromatic N) is 3. The van der Waals surface area contributed by atoms with E-state index in [2.05, 4.69) is 10.1 Å². The number of aliphatic hydroxyl groups excluding tert-OH is 1. The molecule has 18 heavy (non-hydrogen) atoms. The van der Waals surface area contributed by atoms with E-state index < -0.39 is 0 Å². The van der Waals surface area contributed by atoms with Crippen LogP contribution in [0.2, 0.25) is 0 Å². The Kier molecular flexibility index (Phi) is 2.57. The molecule has 2 aromatic heterocycles. The van der Waals surface area contributed by atoms with Gasteiger partial charge in [-0.2, -0.15) is 5.10 Å². The molecule has 0 saturated carbocycles. The summed E-state index contributed by atoms with van der Waals surface area (Å²) in [5.41, 5.74) is 3.55. The molecule has 0 amide bonds. The highest BCUT2D eigenvalue weighted by molar-refractivity contribution is 5.84. The molecule has 0 atom stereocenters. The minimum atomic E-state index is 0.00782. The van der Waals surface area contributed by atoms with Crippen molar-refractivity contribution < 1.29 is 5.11 Å². The molecule has 1 aromatic carbocycles. The van der Waals surface area contributed by atoms with Gasteiger partial charge in [-0.1, -0.05) is 18.2 Å². The minimum Gasteiger partial charge on any atom is -0.392 e. The summed E-state index contributed by atoms with van der Waals surface area (Å²) in [5, 5.41) is 14.6. The third-order valence-corrected chi connectivity index (χ3v) is 3.06. The molecule has 1 N–H and O–H groups in total. The van der Waals surface area contributed by atoms with Crippen molar-refractivity contribution in [2.24, 2.45) is 7.05 Å². The number of hydrogen-bond donors (Lipinski definition) is 1. The number of aryl methyl sites for hydroxylation is 1. The van der Waals surface area contributed by atoms with Crippen molar-refractivity contribution in [3.05, 3.63) is 48.2 Å². The zero-order valence-electron chi connectivity index (χ0n) is 10.0. The van der Waals surface area contributed by atoms with Crippen molar-refractivity contribution in [3.8, 4) is 11.4 Å². The average Bonchev–Trinajstić information content (AvgIpc) is 2.83. The van der Waals surface area contributed by atoms with Crippen molar-refractivity contribution in [1.82, 2.24) is 14.8 Å². The molecule has 90 valence electrons. The van der Waals surface area contributed by atoms with Gasteiger partial charge in [0.25, 0.3) is 0 Å². The first-order chi connectivity index (χ1) is 8.79. The van der Waals surface area contributed by atoms with Crippen LogP contribution in [-0.2, 0) is 13.7 Å². The van der Waals surface area contributed by atoms with E-state index in [1.807, 2.05) is 43.4 Å². The number of benzene rings is 1. The Morgan fingerprint density at radius 2 is 2.06 bits per heavy atom. The molecule has 0 aliphatic rings. The molecule has 0 fully saturated rings. The Labute approximate surface area is 105 Å². The maximum atomic E-state index is 9.48. The minimum absolute atomic E-state index is 0.00782. The normalized spacial score (nSPS) is 11.0. The smallest absolute Gasteiger partial charge is 0.0894 e. The summed E-state index contributed by atoms with van der Waals surface area (Å²) in [4.78, 5) is 4.62. The van der Waals surface area contributed by atoms with Crippen LogP contribution in [-0.4, -0.2) is 19.9 Å². The zero-order valence-corrected chi connectivity index (χ0v) is 10.0. The third kappa shape index (κ3) is 1.67. The van der Waals surface area contributed by atoms with E-state index in [1.165, 1.54) is 0 Å². The summed E-state index contributed by atoms with van der Waals surface area (Å²) in [6.07, 6.45) is 1.74. The molecule has 4 nitrogen and oxygen atoms in total. The van der Waals surface area contributed by atoms with E-state index in [-0.39, 0.29) is 6.61 Å². The zero-order chi connectivity index (χ0) is 12.5. The third-order valence-electron chi connectivity index (χ3n) is 3.06. The highest BCUT2D eigenvalue weighted by Gasteiger charge is 2.09. The van der Waals surface area contributed by atoms with Gasteiger partial charge in [0.05, 0.1) is 23.5 Å². The Hall–Kier alpha value is -2.20. The van der Waals surface area contributed by atoms with E-state index in [4.69, 9.17) is 0 Å². The molecule has 0 spiro atoms. The van der Waals surface area contributed by atoms with E-state index in [9.17, 15) is 5.11 Å². The van der Waals surface area contributed by atoms with Crippen LogP contribution in [0, 0.1) is 0 Å². The van der Waals surface area contributed by atoms with Gasteiger partial charge in [0.15, 0.2) is 0 Å². The summed E-state index contributed by atoms with van der Waals surface area (Å²) >= 11 is 0. The van der Waals surface area contributed by atoms with Crippen molar-refractivity contribution in [3.63, 3.8) is 0 Å². The summed E-state index contributed by atoms with van der Waals surface area (Å²) in [6.45, 7) is 0.00782. The maximum Gasteiger partial charge on any atom is 0.0894 e. The lowest BCUT2D eigenvalue weighted by molar-refractivity contribution is 0.283. The molecular weight excluding hydrogens is 226 g/mol. The van der Waals surface area contributed by atoms with E-state index in [1.54, 1.807) is 10.9 Å². The highest BCUT2D eigenvalue weighted by Crippen LogP contribution is 2.24. The van der Waals surface area contributed by atoms with Gasteiger partial charge in [-0.25, -0.2) is 4.98 Å². The number of pyridine rings is 1. The first-order valence-corrected chi connectivity index (χ1v) is 5.77. The van der Waals surface area contributed by atoms with Gasteiger partial charge in [-0.3, -0.25) is 4.68 Å². The monoisotopic (exact) mass is 239 g/mol. The Balaban J connectivity index is 2.29. The van der Waals surface area contributed by atoms with Gasteiger partial charge < -0.3 is 5.11 Å². The number of para-hydroxylation sites is 1. The first-order valence-electron chi connectivity index (χ1n) is 5.77. The van der Waals surface area contributed by atoms with Gasteiger partial charge in [0, 0.05) is 18.6 Å². The van der Waals surface area contributed by atoms with Gasteiger partial charge in [-0.15, -0.1) is 0 Å². The number of aromatic nitrogens is 3. The molecule has 3 rings (SSSR count). The molecule has 0 aliphatic carbocycles. The Morgan fingerprint density at radius 3 is 2.78 bits per heavy atom. The molecule has 2 heterocycles. The van der Waals surface area contributed by atoms with Crippen LogP contribution in [0.25, 0.3) is 22.3 Å². The fourth-order valence-corrected chi connectivity index (χ4v) is 2.13. The first kappa shape index (κ1) is 10.9. The van der Waals surface area contributed by atoms with Gasteiger partial charge in [0.2, 0.25) is 0 Å². The van der Waals surface area contributed by atoms with E-state index >= 15 is 0 Å². The lowest BCUT2D eigenvalue weighted by atomic mass is 10.1. The fraction of sp³-hybridized carbons (Fsp3) is 0.143. The number of fused-ring (bicyclic) bond motifs is 1. The molecule has 0 aliphatic heterocycles. The molecule has 0 bridgehead atoms. The summed E-state index contributed by atoms with van der Waals surface area (Å²) in [6, 6.07) is 11.7. The van der Waals surface area contributed by atoms with Crippen LogP contribution in [0.4, 0.5) is 0 Å². The molecule has 0 unspecified atom stereocenters. The van der Waals surface area contributed by atoms with Gasteiger partial charge >= 0.3 is 0 Å². The Morgan fingerprint density at radius 1 is 1.22 bits per heavy atom. The van der Waals surface area contributed by atoms with Crippen molar-refractivity contribution in [1.29, 1.82) is 0 Å². The van der Waals surface area contributed by atoms with Crippen LogP contribution >= 0.6 is 0 Å². The number of rotatable bonds is 2. The SMILES string of the molecule is Cn1nccc1-c1cc(CO)c2ccccc2n1. The second kappa shape index (κ2) is 4.23. The van der Waals surface area contributed by atoms with Crippen LogP contribution in [0.3, 0.4) is 0 Å². The van der Waals surface area contributed by atoms with Crippen molar-refractivity contribution in [2.75, 3.05) is 0 Å². The second-order valence-electron chi connectivity index (χ2n) is 4.18. The number of hydrogen-bond acceptors (Lipinski definition) is 3. The number of aliphatic hydroxyl groups is 1. The van der Waals surface area contributed by atoms with Gasteiger partial charge in [0.1, 0.15) is 0 Å². The van der Waals surface area contributed by atoms with Crippen LogP contribution in [0.15, 0.2) is 42.6 Å². The van der Waals surface area contributed by atoms with E-state index in [0.29, 0.717) is 0 Å². The summed E-state index contributed by atoms with van der Waals surface area (Å²) in [7, 11) is 1.88. The van der Waals surface area contributed by atoms with Crippen molar-refractivity contribution in [2.45, 2.75) is 6.61 Å². The lowest BCUT2D eigenvalue weighted by Gasteiger charge is -2.07. The predicted molar refractivity (Wildman–Crippen MR) is 69.9 cm³/mol. The molecule has 4 heteroatoms. The predicted octanol–water partition coefficient (Wildman–Crippen LogP) is 2.13. The van der Waals surface area contributed by atoms with E-state index in [0.717, 1.165) is 27.9 Å². The molecule has 3 aromatic rings. The fourth-order valence-electron chi connectivity index (χ4n) is 2.13. The molecular formula is C14H13N3O. The van der Waals surface area contributed by atoms with Crippen LogP contribution in [0.5, 0.6) is 0 Å². The van der Waals surface area contributed by atoms with Crippen LogP contribution in [0.1, 0.15) is 5.56 Å². The molecule has 0 radical (unpaired) electrons. The molecule has 0 saturated heterocycles. The standard InChI is InChI=1S/C14H13N3O/c1-17-14(6-7-15-17)13-8-10(9-18)11-4-2-3-5-12(11)16-13/h2-8,18H,9H2,1H3. The highest BCUT2D eigenvalue weighted by atomic mass is 16.3. The topological polar surface area (TPSA) is 50.9 Å². The maximum absolute atomic E-state index is 9.48. The Bertz CT molecular complexity index is 703. The second-order valence-corrected chi connectivity index (χ2v) is 4.18. The lowest BCUT2D eigenvalue weighted by Crippen LogP contribution is -1.97. The van der Waals surface area contributed by atoms with Gasteiger partial charge in [-0.05, 0) is 23.8 Å². The van der Waals surface area contributed by atoms with Crippen molar-refractivity contribution >= 4 is 10.9 Å².